The first-order valence-corrected chi connectivity index (χ1v) is 19.5. The number of imide groups is 1. The average molecular weight is 789 g/mol. The van der Waals surface area contributed by atoms with Gasteiger partial charge in [0, 0.05) is 47.7 Å². The third kappa shape index (κ3) is 12.1. The van der Waals surface area contributed by atoms with Gasteiger partial charge in [-0.05, 0) is 49.9 Å². The maximum Gasteiger partial charge on any atom is 0.333 e. The van der Waals surface area contributed by atoms with Crippen LogP contribution in [0.4, 0.5) is 5.69 Å². The molecule has 2 aliphatic heterocycles. The first kappa shape index (κ1) is 43.0. The van der Waals surface area contributed by atoms with Crippen LogP contribution >= 0.6 is 11.8 Å². The lowest BCUT2D eigenvalue weighted by Gasteiger charge is -2.29. The van der Waals surface area contributed by atoms with Crippen molar-refractivity contribution < 1.29 is 43.0 Å². The molecule has 56 heavy (non-hydrogen) atoms. The molecule has 5 amide bonds. The van der Waals surface area contributed by atoms with E-state index in [1.807, 2.05) is 30.3 Å². The van der Waals surface area contributed by atoms with Gasteiger partial charge in [0.05, 0.1) is 13.2 Å². The monoisotopic (exact) mass is 788 g/mol. The molecule has 0 aliphatic carbocycles. The van der Waals surface area contributed by atoms with Crippen LogP contribution in [-0.4, -0.2) is 83.5 Å². The quantitative estimate of drug-likeness (QED) is 0.0802. The fraction of sp³-hybridized carbons (Fsp3) is 0.375. The first-order chi connectivity index (χ1) is 26.9. The van der Waals surface area contributed by atoms with Gasteiger partial charge in [-0.1, -0.05) is 66.7 Å². The highest BCUT2D eigenvalue weighted by Crippen LogP contribution is 2.30. The number of nitrogens with two attached hydrogens (primary N) is 2. The number of ether oxygens (including phenoxy) is 2. The van der Waals surface area contributed by atoms with Gasteiger partial charge in [-0.2, -0.15) is 11.8 Å². The summed E-state index contributed by atoms with van der Waals surface area (Å²) < 4.78 is 10.0. The van der Waals surface area contributed by atoms with Crippen molar-refractivity contribution in [2.24, 2.45) is 5.73 Å². The van der Waals surface area contributed by atoms with Gasteiger partial charge in [0.2, 0.25) is 23.6 Å². The van der Waals surface area contributed by atoms with Crippen LogP contribution in [0, 0.1) is 0 Å². The van der Waals surface area contributed by atoms with Crippen molar-refractivity contribution in [2.45, 2.75) is 76.0 Å². The zero-order chi connectivity index (χ0) is 40.6. The number of fused-ring (bicyclic) bond motifs is 1. The van der Waals surface area contributed by atoms with Crippen molar-refractivity contribution in [3.05, 3.63) is 101 Å². The number of thioether (sulfide) groups is 1. The summed E-state index contributed by atoms with van der Waals surface area (Å²) >= 11 is 1.47. The minimum Gasteiger partial charge on any atom is -0.465 e. The molecule has 3 aromatic rings. The van der Waals surface area contributed by atoms with E-state index in [0.717, 1.165) is 11.1 Å². The summed E-state index contributed by atoms with van der Waals surface area (Å²) in [4.78, 5) is 87.1. The van der Waals surface area contributed by atoms with Gasteiger partial charge in [0.1, 0.15) is 18.1 Å². The van der Waals surface area contributed by atoms with Gasteiger partial charge >= 0.3 is 11.9 Å². The van der Waals surface area contributed by atoms with E-state index < -0.39 is 53.8 Å². The Morgan fingerprint density at radius 1 is 0.893 bits per heavy atom. The third-order valence-electron chi connectivity index (χ3n) is 8.88. The molecule has 5 rings (SSSR count). The minimum absolute atomic E-state index is 0.0624. The fourth-order valence-electron chi connectivity index (χ4n) is 5.97. The van der Waals surface area contributed by atoms with E-state index in [-0.39, 0.29) is 50.0 Å². The molecule has 298 valence electrons. The minimum atomic E-state index is -1.02. The van der Waals surface area contributed by atoms with Crippen LogP contribution in [0.25, 0.3) is 0 Å². The summed E-state index contributed by atoms with van der Waals surface area (Å²) in [5.74, 6) is -2.13. The van der Waals surface area contributed by atoms with Crippen LogP contribution in [-0.2, 0) is 50.5 Å². The molecule has 0 spiro atoms. The molecule has 0 bridgehead atoms. The Bertz CT molecular complexity index is 1860. The maximum atomic E-state index is 13.3. The summed E-state index contributed by atoms with van der Waals surface area (Å²) in [7, 11) is 0. The predicted octanol–water partition coefficient (Wildman–Crippen LogP) is 2.53. The zero-order valence-electron chi connectivity index (χ0n) is 31.4. The number of rotatable bonds is 16. The third-order valence-corrected chi connectivity index (χ3v) is 9.99. The molecule has 1 fully saturated rings. The number of benzene rings is 3. The summed E-state index contributed by atoms with van der Waals surface area (Å²) in [5, 5.41) is 7.72. The number of hydrogen-bond acceptors (Lipinski definition) is 12. The lowest BCUT2D eigenvalue weighted by molar-refractivity contribution is -0.148. The SMILES string of the molecule is CCOC(=O)[C@@H](N)CCC(=O)N[C@@H](CSCc1ccccc1)C(=O)N[C@@H](C(=O)OCC)c1ccccc1.Nc1cccc2c1CN(C1CCC(=O)NC1=O)C2=O. The van der Waals surface area contributed by atoms with E-state index >= 15 is 0 Å². The second kappa shape index (κ2) is 21.4. The predicted molar refractivity (Wildman–Crippen MR) is 209 cm³/mol. The lowest BCUT2D eigenvalue weighted by Crippen LogP contribution is -2.52. The van der Waals surface area contributed by atoms with Crippen LogP contribution in [0.3, 0.4) is 0 Å². The molecule has 15 nitrogen and oxygen atoms in total. The highest BCUT2D eigenvalue weighted by Gasteiger charge is 2.39. The number of nitrogen functional groups attached to an aromatic ring is 1. The van der Waals surface area contributed by atoms with Gasteiger partial charge in [0.15, 0.2) is 6.04 Å². The highest BCUT2D eigenvalue weighted by atomic mass is 32.2. The lowest BCUT2D eigenvalue weighted by atomic mass is 10.0. The molecule has 1 saturated heterocycles. The Morgan fingerprint density at radius 3 is 2.20 bits per heavy atom. The Kier molecular flexibility index (Phi) is 16.4. The van der Waals surface area contributed by atoms with Crippen LogP contribution in [0.5, 0.6) is 0 Å². The second-order valence-electron chi connectivity index (χ2n) is 12.9. The molecular weight excluding hydrogens is 741 g/mol. The number of carbonyl (C=O) groups excluding carboxylic acids is 7. The number of hydrogen-bond donors (Lipinski definition) is 5. The van der Waals surface area contributed by atoms with Crippen LogP contribution in [0.15, 0.2) is 78.9 Å². The molecule has 0 saturated carbocycles. The smallest absolute Gasteiger partial charge is 0.333 e. The molecule has 2 heterocycles. The van der Waals surface area contributed by atoms with Crippen LogP contribution in [0.2, 0.25) is 0 Å². The molecule has 0 aromatic heterocycles. The Hall–Kier alpha value is -5.74. The van der Waals surface area contributed by atoms with E-state index in [2.05, 4.69) is 16.0 Å². The maximum absolute atomic E-state index is 13.3. The summed E-state index contributed by atoms with van der Waals surface area (Å²) in [6.45, 7) is 4.04. The number of anilines is 1. The van der Waals surface area contributed by atoms with E-state index in [4.69, 9.17) is 20.9 Å². The largest absolute Gasteiger partial charge is 0.465 e. The van der Waals surface area contributed by atoms with Gasteiger partial charge < -0.3 is 36.5 Å². The van der Waals surface area contributed by atoms with Crippen molar-refractivity contribution in [3.8, 4) is 0 Å². The standard InChI is InChI=1S/C27H35N3O6S.C13H13N3O3/c1-3-35-26(33)21(28)15-16-23(31)29-22(18-37-17-19-11-7-5-8-12-19)25(32)30-24(27(34)36-4-2)20-13-9-6-10-14-20;14-9-3-1-2-7-8(9)6-16(13(7)19)10-4-5-11(17)15-12(10)18/h5-14,21-22,24H,3-4,15-18,28H2,1-2H3,(H,29,31)(H,30,32);1-3,10H,4-6,14H2,(H,15,17,18)/t21-,22-,24+;/m0./s1. The summed E-state index contributed by atoms with van der Waals surface area (Å²) in [6, 6.07) is 20.2. The molecule has 1 unspecified atom stereocenters. The molecule has 2 aliphatic rings. The number of nitrogens with zero attached hydrogens (tertiary/aromatic N) is 1. The van der Waals surface area contributed by atoms with Gasteiger partial charge in [-0.15, -0.1) is 0 Å². The van der Waals surface area contributed by atoms with Crippen molar-refractivity contribution in [3.63, 3.8) is 0 Å². The van der Waals surface area contributed by atoms with Crippen molar-refractivity contribution >= 4 is 58.9 Å². The van der Waals surface area contributed by atoms with Gasteiger partial charge in [0.25, 0.3) is 5.91 Å². The van der Waals surface area contributed by atoms with Crippen molar-refractivity contribution in [2.75, 3.05) is 24.7 Å². The van der Waals surface area contributed by atoms with E-state index in [0.29, 0.717) is 35.5 Å². The van der Waals surface area contributed by atoms with E-state index in [1.165, 1.54) is 16.7 Å². The van der Waals surface area contributed by atoms with Gasteiger partial charge in [-0.25, -0.2) is 4.79 Å². The normalized spacial score (nSPS) is 16.2. The number of esters is 2. The molecule has 7 N–H and O–H groups in total. The van der Waals surface area contributed by atoms with Crippen molar-refractivity contribution in [1.82, 2.24) is 20.9 Å². The number of carbonyl (C=O) groups is 7. The molecule has 3 aromatic carbocycles. The van der Waals surface area contributed by atoms with Gasteiger partial charge in [-0.3, -0.25) is 34.1 Å². The number of amides is 5. The number of nitrogens with one attached hydrogen (secondary N) is 3. The summed E-state index contributed by atoms with van der Waals surface area (Å²) in [6.07, 6.45) is 0.634. The number of piperidine rings is 1. The second-order valence-corrected chi connectivity index (χ2v) is 13.9. The fourth-order valence-corrected chi connectivity index (χ4v) is 6.99. The van der Waals surface area contributed by atoms with Crippen LogP contribution < -0.4 is 27.4 Å². The Morgan fingerprint density at radius 2 is 1.55 bits per heavy atom. The van der Waals surface area contributed by atoms with E-state index in [1.54, 1.807) is 62.4 Å². The molecule has 0 radical (unpaired) electrons. The average Bonchev–Trinajstić information content (AvgIpc) is 3.53. The summed E-state index contributed by atoms with van der Waals surface area (Å²) in [5.41, 5.74) is 15.1. The van der Waals surface area contributed by atoms with E-state index in [9.17, 15) is 33.6 Å². The van der Waals surface area contributed by atoms with Crippen molar-refractivity contribution in [1.29, 1.82) is 0 Å². The topological polar surface area (TPSA) is 229 Å². The highest BCUT2D eigenvalue weighted by molar-refractivity contribution is 7.98. The molecular formula is C40H48N6O9S. The first-order valence-electron chi connectivity index (χ1n) is 18.3. The Balaban J connectivity index is 0.000000303. The Labute approximate surface area is 329 Å². The zero-order valence-corrected chi connectivity index (χ0v) is 32.2. The van der Waals surface area contributed by atoms with Crippen LogP contribution in [0.1, 0.15) is 72.6 Å². The molecule has 4 atom stereocenters. The molecule has 16 heteroatoms.